The molecule has 0 saturated carbocycles. The molecule has 0 aromatic carbocycles. The average molecular weight is 408 g/mol. The Labute approximate surface area is 160 Å². The van der Waals surface area contributed by atoms with E-state index in [1.54, 1.807) is 0 Å². The standard InChI is InChI=1S/C15H15F3N10O/c1-14(2,3)9(12-22-11(27-29-12)10-19-6-20-24-10)21-7-4-5-8-23-25-13(15(16,17)18)28(8)26-7/h4-6,9H,1-3H3,(H,21,26)(H,19,20,24)/t9-/m0/s1. The first-order chi connectivity index (χ1) is 13.6. The molecule has 0 unspecified atom stereocenters. The zero-order chi connectivity index (χ0) is 20.8. The predicted molar refractivity (Wildman–Crippen MR) is 91.3 cm³/mol. The third kappa shape index (κ3) is 3.60. The fourth-order valence-corrected chi connectivity index (χ4v) is 2.60. The molecule has 11 nitrogen and oxygen atoms in total. The minimum Gasteiger partial charge on any atom is -0.357 e. The summed E-state index contributed by atoms with van der Waals surface area (Å²) < 4.78 is 45.3. The lowest BCUT2D eigenvalue weighted by molar-refractivity contribution is -0.146. The number of hydrogen-bond acceptors (Lipinski definition) is 9. The van der Waals surface area contributed by atoms with Gasteiger partial charge in [-0.1, -0.05) is 25.9 Å². The van der Waals surface area contributed by atoms with Crippen LogP contribution in [0.3, 0.4) is 0 Å². The SMILES string of the molecule is CC(C)(C)[C@@H](Nc1ccc2nnc(C(F)(F)F)n2n1)c1nc(-c2ncn[nH]2)no1. The van der Waals surface area contributed by atoms with Crippen molar-refractivity contribution in [2.24, 2.45) is 5.41 Å². The maximum absolute atomic E-state index is 13.1. The Balaban J connectivity index is 1.69. The summed E-state index contributed by atoms with van der Waals surface area (Å²) in [6.45, 7) is 5.71. The summed E-state index contributed by atoms with van der Waals surface area (Å²) in [6, 6.07) is 2.31. The van der Waals surface area contributed by atoms with E-state index in [2.05, 4.69) is 45.9 Å². The molecule has 0 aliphatic heterocycles. The molecule has 0 fully saturated rings. The molecule has 0 radical (unpaired) electrons. The van der Waals surface area contributed by atoms with Crippen LogP contribution in [0.4, 0.5) is 19.0 Å². The van der Waals surface area contributed by atoms with Gasteiger partial charge in [-0.25, -0.2) is 4.98 Å². The molecular formula is C15H15F3N10O. The Hall–Kier alpha value is -3.58. The van der Waals surface area contributed by atoms with E-state index in [0.717, 1.165) is 0 Å². The second kappa shape index (κ2) is 6.49. The number of nitrogens with zero attached hydrogens (tertiary/aromatic N) is 8. The second-order valence-electron chi connectivity index (χ2n) is 7.24. The van der Waals surface area contributed by atoms with E-state index >= 15 is 0 Å². The lowest BCUT2D eigenvalue weighted by Gasteiger charge is -2.28. The van der Waals surface area contributed by atoms with Gasteiger partial charge in [0.25, 0.3) is 5.82 Å². The van der Waals surface area contributed by atoms with E-state index < -0.39 is 23.5 Å². The largest absolute Gasteiger partial charge is 0.453 e. The highest BCUT2D eigenvalue weighted by Gasteiger charge is 2.38. The molecule has 0 aliphatic carbocycles. The van der Waals surface area contributed by atoms with E-state index in [1.165, 1.54) is 18.5 Å². The van der Waals surface area contributed by atoms with Crippen molar-refractivity contribution in [1.82, 2.24) is 45.1 Å². The molecule has 4 rings (SSSR count). The molecule has 0 spiro atoms. The van der Waals surface area contributed by atoms with Crippen molar-refractivity contribution < 1.29 is 17.7 Å². The van der Waals surface area contributed by atoms with Gasteiger partial charge >= 0.3 is 6.18 Å². The molecule has 1 atom stereocenters. The number of anilines is 1. The van der Waals surface area contributed by atoms with E-state index in [0.29, 0.717) is 10.3 Å². The van der Waals surface area contributed by atoms with Crippen LogP contribution in [0.2, 0.25) is 0 Å². The summed E-state index contributed by atoms with van der Waals surface area (Å²) in [7, 11) is 0. The van der Waals surface area contributed by atoms with Gasteiger partial charge in [-0.2, -0.15) is 27.8 Å². The maximum Gasteiger partial charge on any atom is 0.453 e. The van der Waals surface area contributed by atoms with Crippen molar-refractivity contribution in [3.05, 3.63) is 30.2 Å². The lowest BCUT2D eigenvalue weighted by Crippen LogP contribution is -2.27. The summed E-state index contributed by atoms with van der Waals surface area (Å²) in [5.74, 6) is -0.316. The van der Waals surface area contributed by atoms with Gasteiger partial charge in [-0.05, 0) is 17.5 Å². The van der Waals surface area contributed by atoms with Crippen molar-refractivity contribution >= 4 is 11.5 Å². The van der Waals surface area contributed by atoms with E-state index in [4.69, 9.17) is 4.52 Å². The van der Waals surface area contributed by atoms with Crippen molar-refractivity contribution in [3.8, 4) is 11.6 Å². The van der Waals surface area contributed by atoms with Gasteiger partial charge in [0.1, 0.15) is 18.2 Å². The van der Waals surface area contributed by atoms with Gasteiger partial charge in [-0.3, -0.25) is 5.10 Å². The molecule has 4 aromatic heterocycles. The van der Waals surface area contributed by atoms with Crippen molar-refractivity contribution in [3.63, 3.8) is 0 Å². The minimum atomic E-state index is -4.69. The molecule has 4 aromatic rings. The van der Waals surface area contributed by atoms with Crippen LogP contribution in [0.1, 0.15) is 38.5 Å². The molecule has 14 heteroatoms. The van der Waals surface area contributed by atoms with E-state index in [-0.39, 0.29) is 23.2 Å². The molecule has 2 N–H and O–H groups in total. The van der Waals surface area contributed by atoms with Gasteiger partial charge in [0.2, 0.25) is 11.7 Å². The number of aromatic nitrogens is 9. The normalized spacial score (nSPS) is 13.7. The van der Waals surface area contributed by atoms with Crippen LogP contribution in [-0.4, -0.2) is 45.1 Å². The maximum atomic E-state index is 13.1. The number of H-pyrrole nitrogens is 1. The zero-order valence-corrected chi connectivity index (χ0v) is 15.4. The first-order valence-corrected chi connectivity index (χ1v) is 8.38. The van der Waals surface area contributed by atoms with Crippen LogP contribution < -0.4 is 5.32 Å². The quantitative estimate of drug-likeness (QED) is 0.522. The van der Waals surface area contributed by atoms with Gasteiger partial charge in [0.15, 0.2) is 11.5 Å². The Kier molecular flexibility index (Phi) is 4.20. The summed E-state index contributed by atoms with van der Waals surface area (Å²) in [6.07, 6.45) is -3.38. The highest BCUT2D eigenvalue weighted by Crippen LogP contribution is 2.35. The van der Waals surface area contributed by atoms with Crippen molar-refractivity contribution in [2.45, 2.75) is 33.0 Å². The van der Waals surface area contributed by atoms with Gasteiger partial charge in [-0.15, -0.1) is 15.3 Å². The molecule has 0 saturated heterocycles. The zero-order valence-electron chi connectivity index (χ0n) is 15.4. The predicted octanol–water partition coefficient (Wildman–Crippen LogP) is 2.51. The Morgan fingerprint density at radius 2 is 1.97 bits per heavy atom. The second-order valence-corrected chi connectivity index (χ2v) is 7.24. The van der Waals surface area contributed by atoms with Crippen LogP contribution in [0, 0.1) is 5.41 Å². The fourth-order valence-electron chi connectivity index (χ4n) is 2.60. The molecule has 29 heavy (non-hydrogen) atoms. The summed E-state index contributed by atoms with van der Waals surface area (Å²) in [4.78, 5) is 8.27. The number of hydrogen-bond donors (Lipinski definition) is 2. The third-order valence-corrected chi connectivity index (χ3v) is 3.99. The third-order valence-electron chi connectivity index (χ3n) is 3.99. The topological polar surface area (TPSA) is 136 Å². The summed E-state index contributed by atoms with van der Waals surface area (Å²) in [5.41, 5.74) is -0.484. The van der Waals surface area contributed by atoms with Gasteiger partial charge in [0.05, 0.1) is 0 Å². The van der Waals surface area contributed by atoms with Crippen molar-refractivity contribution in [2.75, 3.05) is 5.32 Å². The van der Waals surface area contributed by atoms with Crippen LogP contribution in [-0.2, 0) is 6.18 Å². The molecule has 0 aliphatic rings. The average Bonchev–Trinajstić information content (AvgIpc) is 3.36. The molecular weight excluding hydrogens is 393 g/mol. The lowest BCUT2D eigenvalue weighted by atomic mass is 9.86. The highest BCUT2D eigenvalue weighted by atomic mass is 19.4. The Morgan fingerprint density at radius 3 is 2.62 bits per heavy atom. The fraction of sp³-hybridized carbons (Fsp3) is 0.400. The number of aromatic amines is 1. The summed E-state index contributed by atoms with van der Waals surface area (Å²) in [5, 5.41) is 23.9. The minimum absolute atomic E-state index is 0.0272. The van der Waals surface area contributed by atoms with E-state index in [9.17, 15) is 13.2 Å². The molecule has 152 valence electrons. The van der Waals surface area contributed by atoms with Gasteiger partial charge < -0.3 is 9.84 Å². The van der Waals surface area contributed by atoms with Crippen LogP contribution >= 0.6 is 0 Å². The number of rotatable bonds is 4. The first kappa shape index (κ1) is 18.8. The number of alkyl halides is 3. The first-order valence-electron chi connectivity index (χ1n) is 8.38. The highest BCUT2D eigenvalue weighted by molar-refractivity contribution is 5.46. The van der Waals surface area contributed by atoms with Crippen LogP contribution in [0.25, 0.3) is 17.3 Å². The Morgan fingerprint density at radius 1 is 1.17 bits per heavy atom. The number of fused-ring (bicyclic) bond motifs is 1. The molecule has 4 heterocycles. The van der Waals surface area contributed by atoms with Crippen LogP contribution in [0.15, 0.2) is 23.0 Å². The van der Waals surface area contributed by atoms with Gasteiger partial charge in [0, 0.05) is 0 Å². The van der Waals surface area contributed by atoms with E-state index in [1.807, 2.05) is 20.8 Å². The number of nitrogens with one attached hydrogen (secondary N) is 2. The van der Waals surface area contributed by atoms with Crippen LogP contribution in [0.5, 0.6) is 0 Å². The smallest absolute Gasteiger partial charge is 0.357 e. The molecule has 0 amide bonds. The summed E-state index contributed by atoms with van der Waals surface area (Å²) >= 11 is 0. The Bertz CT molecular complexity index is 1130. The monoisotopic (exact) mass is 408 g/mol. The molecule has 0 bridgehead atoms. The number of halogens is 3. The van der Waals surface area contributed by atoms with Crippen molar-refractivity contribution in [1.29, 1.82) is 0 Å².